The van der Waals surface area contributed by atoms with Crippen LogP contribution >= 0.6 is 0 Å². The third-order valence-electron chi connectivity index (χ3n) is 5.61. The van der Waals surface area contributed by atoms with Crippen molar-refractivity contribution >= 4 is 43.6 Å². The summed E-state index contributed by atoms with van der Waals surface area (Å²) in [5.41, 5.74) is 5.90. The highest BCUT2D eigenvalue weighted by atomic mass is 16.3. The van der Waals surface area contributed by atoms with Gasteiger partial charge in [0, 0.05) is 27.1 Å². The maximum absolute atomic E-state index is 6.27. The summed E-state index contributed by atoms with van der Waals surface area (Å²) in [6.45, 7) is 4.07. The van der Waals surface area contributed by atoms with Crippen LogP contribution in [-0.4, -0.2) is 9.97 Å². The number of aromatic nitrogens is 2. The predicted octanol–water partition coefficient (Wildman–Crippen LogP) is 6.97. The lowest BCUT2D eigenvalue weighted by molar-refractivity contribution is 0.670. The highest BCUT2D eigenvalue weighted by Gasteiger charge is 2.17. The Kier molecular flexibility index (Phi) is 3.30. The third kappa shape index (κ3) is 2.37. The van der Waals surface area contributed by atoms with Gasteiger partial charge in [-0.05, 0) is 43.5 Å². The molecule has 6 aromatic rings. The fraction of sp³-hybridized carbons (Fsp3) is 0.0769. The summed E-state index contributed by atoms with van der Waals surface area (Å²) in [7, 11) is 0. The number of rotatable bonds is 1. The maximum atomic E-state index is 6.27. The van der Waals surface area contributed by atoms with Crippen LogP contribution in [0.25, 0.3) is 54.9 Å². The van der Waals surface area contributed by atoms with E-state index in [4.69, 9.17) is 14.4 Å². The van der Waals surface area contributed by atoms with Crippen molar-refractivity contribution in [3.63, 3.8) is 0 Å². The number of hydrogen-bond acceptors (Lipinski definition) is 3. The number of aryl methyl sites for hydroxylation is 2. The van der Waals surface area contributed by atoms with Crippen LogP contribution < -0.4 is 0 Å². The van der Waals surface area contributed by atoms with Crippen LogP contribution in [0.15, 0.2) is 77.2 Å². The van der Waals surface area contributed by atoms with Gasteiger partial charge in [0.2, 0.25) is 0 Å². The van der Waals surface area contributed by atoms with E-state index in [0.29, 0.717) is 0 Å². The minimum absolute atomic E-state index is 0.759. The molecule has 138 valence electrons. The molecule has 0 saturated heterocycles. The standard InChI is InChI=1S/C26H18N2O/c1-15-10-11-17-12-13-20-24(27-16(2)28-25(20)22(17)14-15)21-8-5-7-19-18-6-3-4-9-23(18)29-26(19)21/h3-14H,1-2H3. The molecule has 0 bridgehead atoms. The zero-order valence-corrected chi connectivity index (χ0v) is 16.2. The van der Waals surface area contributed by atoms with Gasteiger partial charge in [-0.1, -0.05) is 54.1 Å². The lowest BCUT2D eigenvalue weighted by atomic mass is 9.99. The number of furan rings is 1. The molecule has 0 N–H and O–H groups in total. The molecule has 0 radical (unpaired) electrons. The van der Waals surface area contributed by atoms with Gasteiger partial charge in [-0.25, -0.2) is 9.97 Å². The van der Waals surface area contributed by atoms with Crippen molar-refractivity contribution < 1.29 is 4.42 Å². The number of nitrogens with zero attached hydrogens (tertiary/aromatic N) is 2. The molecule has 0 spiro atoms. The first-order valence-electron chi connectivity index (χ1n) is 9.77. The summed E-state index contributed by atoms with van der Waals surface area (Å²) in [5.74, 6) is 0.759. The summed E-state index contributed by atoms with van der Waals surface area (Å²) in [5, 5.41) is 5.63. The summed E-state index contributed by atoms with van der Waals surface area (Å²) in [4.78, 5) is 9.66. The lowest BCUT2D eigenvalue weighted by Gasteiger charge is -2.10. The fourth-order valence-corrected chi connectivity index (χ4v) is 4.28. The van der Waals surface area contributed by atoms with Crippen LogP contribution in [0.4, 0.5) is 0 Å². The molecule has 3 nitrogen and oxygen atoms in total. The van der Waals surface area contributed by atoms with Crippen LogP contribution in [0, 0.1) is 13.8 Å². The summed E-state index contributed by atoms with van der Waals surface area (Å²) in [6, 6.07) is 25.2. The van der Waals surface area contributed by atoms with E-state index in [1.54, 1.807) is 0 Å². The second-order valence-electron chi connectivity index (χ2n) is 7.59. The van der Waals surface area contributed by atoms with Crippen LogP contribution in [0.3, 0.4) is 0 Å². The smallest absolute Gasteiger partial charge is 0.144 e. The maximum Gasteiger partial charge on any atom is 0.144 e. The molecule has 2 heterocycles. The van der Waals surface area contributed by atoms with Gasteiger partial charge in [0.05, 0.1) is 11.2 Å². The molecule has 0 atom stereocenters. The molecule has 0 saturated carbocycles. The first-order chi connectivity index (χ1) is 14.2. The molecule has 0 fully saturated rings. The van der Waals surface area contributed by atoms with E-state index in [0.717, 1.165) is 55.3 Å². The van der Waals surface area contributed by atoms with Crippen LogP contribution in [0.2, 0.25) is 0 Å². The van der Waals surface area contributed by atoms with Crippen molar-refractivity contribution in [3.8, 4) is 11.3 Å². The minimum Gasteiger partial charge on any atom is -0.455 e. The van der Waals surface area contributed by atoms with Crippen molar-refractivity contribution in [2.45, 2.75) is 13.8 Å². The SMILES string of the molecule is Cc1ccc2ccc3c(-c4cccc5c4oc4ccccc45)nc(C)nc3c2c1. The largest absolute Gasteiger partial charge is 0.455 e. The summed E-state index contributed by atoms with van der Waals surface area (Å²) < 4.78 is 6.27. The highest BCUT2D eigenvalue weighted by Crippen LogP contribution is 2.38. The second-order valence-corrected chi connectivity index (χ2v) is 7.59. The average Bonchev–Trinajstić information content (AvgIpc) is 3.12. The van der Waals surface area contributed by atoms with Gasteiger partial charge < -0.3 is 4.42 Å². The van der Waals surface area contributed by atoms with E-state index >= 15 is 0 Å². The van der Waals surface area contributed by atoms with Crippen molar-refractivity contribution in [1.82, 2.24) is 9.97 Å². The lowest BCUT2D eigenvalue weighted by Crippen LogP contribution is -1.95. The van der Waals surface area contributed by atoms with Gasteiger partial charge in [0.15, 0.2) is 0 Å². The molecule has 0 aliphatic carbocycles. The Bertz CT molecular complexity index is 1580. The Labute approximate surface area is 167 Å². The normalized spacial score (nSPS) is 11.8. The quantitative estimate of drug-likeness (QED) is 0.292. The topological polar surface area (TPSA) is 38.9 Å². The Morgan fingerprint density at radius 2 is 1.52 bits per heavy atom. The molecule has 0 amide bonds. The molecule has 0 aliphatic heterocycles. The molecule has 0 aliphatic rings. The molecular weight excluding hydrogens is 356 g/mol. The van der Waals surface area contributed by atoms with Crippen molar-refractivity contribution in [1.29, 1.82) is 0 Å². The van der Waals surface area contributed by atoms with Crippen molar-refractivity contribution in [2.75, 3.05) is 0 Å². The molecule has 6 rings (SSSR count). The van der Waals surface area contributed by atoms with Gasteiger partial charge in [-0.3, -0.25) is 0 Å². The number of benzene rings is 4. The van der Waals surface area contributed by atoms with E-state index < -0.39 is 0 Å². The number of hydrogen-bond donors (Lipinski definition) is 0. The average molecular weight is 374 g/mol. The van der Waals surface area contributed by atoms with E-state index in [9.17, 15) is 0 Å². The molecule has 2 aromatic heterocycles. The van der Waals surface area contributed by atoms with Crippen LogP contribution in [0.1, 0.15) is 11.4 Å². The monoisotopic (exact) mass is 374 g/mol. The highest BCUT2D eigenvalue weighted by molar-refractivity contribution is 6.14. The zero-order valence-electron chi connectivity index (χ0n) is 16.2. The molecular formula is C26H18N2O. The molecule has 4 aromatic carbocycles. The Morgan fingerprint density at radius 1 is 0.690 bits per heavy atom. The first-order valence-corrected chi connectivity index (χ1v) is 9.77. The molecule has 3 heteroatoms. The number of para-hydroxylation sites is 2. The van der Waals surface area contributed by atoms with E-state index in [-0.39, 0.29) is 0 Å². The fourth-order valence-electron chi connectivity index (χ4n) is 4.28. The van der Waals surface area contributed by atoms with Gasteiger partial charge in [0.1, 0.15) is 17.0 Å². The number of fused-ring (bicyclic) bond motifs is 6. The van der Waals surface area contributed by atoms with Gasteiger partial charge >= 0.3 is 0 Å². The van der Waals surface area contributed by atoms with Crippen molar-refractivity contribution in [2.24, 2.45) is 0 Å². The van der Waals surface area contributed by atoms with Gasteiger partial charge in [-0.2, -0.15) is 0 Å². The van der Waals surface area contributed by atoms with Crippen LogP contribution in [-0.2, 0) is 0 Å². The van der Waals surface area contributed by atoms with Gasteiger partial charge in [-0.15, -0.1) is 0 Å². The van der Waals surface area contributed by atoms with E-state index in [2.05, 4.69) is 61.5 Å². The van der Waals surface area contributed by atoms with Gasteiger partial charge in [0.25, 0.3) is 0 Å². The van der Waals surface area contributed by atoms with Crippen LogP contribution in [0.5, 0.6) is 0 Å². The Morgan fingerprint density at radius 3 is 2.45 bits per heavy atom. The Balaban J connectivity index is 1.76. The minimum atomic E-state index is 0.759. The summed E-state index contributed by atoms with van der Waals surface area (Å²) in [6.07, 6.45) is 0. The predicted molar refractivity (Wildman–Crippen MR) is 119 cm³/mol. The molecule has 29 heavy (non-hydrogen) atoms. The first kappa shape index (κ1) is 16.3. The third-order valence-corrected chi connectivity index (χ3v) is 5.61. The van der Waals surface area contributed by atoms with E-state index in [1.807, 2.05) is 25.1 Å². The summed E-state index contributed by atoms with van der Waals surface area (Å²) >= 11 is 0. The molecule has 0 unspecified atom stereocenters. The Hall–Kier alpha value is -3.72. The second kappa shape index (κ2) is 5.89. The van der Waals surface area contributed by atoms with Crippen molar-refractivity contribution in [3.05, 3.63) is 84.2 Å². The zero-order chi connectivity index (χ0) is 19.5. The van der Waals surface area contributed by atoms with E-state index in [1.165, 1.54) is 10.9 Å².